The zero-order chi connectivity index (χ0) is 11.3. The molecule has 0 unspecified atom stereocenters. The smallest absolute Gasteiger partial charge is 0.237 e. The average Bonchev–Trinajstić information content (AvgIpc) is 2.18. The van der Waals surface area contributed by atoms with Crippen LogP contribution in [-0.4, -0.2) is 33.2 Å². The van der Waals surface area contributed by atoms with Gasteiger partial charge in [-0.15, -0.1) is 0 Å². The van der Waals surface area contributed by atoms with E-state index in [2.05, 4.69) is 10.0 Å². The predicted molar refractivity (Wildman–Crippen MR) is 57.8 cm³/mol. The molecular weight excluding hydrogens is 216 g/mol. The van der Waals surface area contributed by atoms with Gasteiger partial charge in [-0.1, -0.05) is 6.92 Å². The highest BCUT2D eigenvalue weighted by Gasteiger charge is 2.24. The van der Waals surface area contributed by atoms with Crippen molar-refractivity contribution in [1.82, 2.24) is 10.0 Å². The van der Waals surface area contributed by atoms with E-state index in [-0.39, 0.29) is 17.6 Å². The minimum Gasteiger partial charge on any atom is -0.316 e. The highest BCUT2D eigenvalue weighted by Crippen LogP contribution is 2.10. The summed E-state index contributed by atoms with van der Waals surface area (Å²) in [5, 5.41) is 3.08. The van der Waals surface area contributed by atoms with Crippen molar-refractivity contribution in [2.24, 2.45) is 5.92 Å². The Morgan fingerprint density at radius 2 is 2.27 bits per heavy atom. The van der Waals surface area contributed by atoms with Crippen LogP contribution in [0.3, 0.4) is 0 Å². The Kier molecular flexibility index (Phi) is 4.53. The Morgan fingerprint density at radius 1 is 1.53 bits per heavy atom. The first-order valence-corrected chi connectivity index (χ1v) is 6.95. The van der Waals surface area contributed by atoms with E-state index in [1.54, 1.807) is 6.92 Å². The number of carbonyl (C=O) groups excluding carboxylic acids is 1. The number of sulfonamides is 1. The van der Waals surface area contributed by atoms with Crippen LogP contribution in [0.2, 0.25) is 0 Å². The van der Waals surface area contributed by atoms with Gasteiger partial charge < -0.3 is 5.32 Å². The molecule has 1 amide bonds. The molecule has 1 saturated heterocycles. The highest BCUT2D eigenvalue weighted by molar-refractivity contribution is 7.90. The van der Waals surface area contributed by atoms with Crippen molar-refractivity contribution in [3.8, 4) is 0 Å². The average molecular weight is 234 g/mol. The van der Waals surface area contributed by atoms with E-state index in [1.165, 1.54) is 0 Å². The summed E-state index contributed by atoms with van der Waals surface area (Å²) in [6.45, 7) is 3.25. The van der Waals surface area contributed by atoms with Crippen LogP contribution in [0.5, 0.6) is 0 Å². The second-order valence-corrected chi connectivity index (χ2v) is 5.67. The number of hydrogen-bond donors (Lipinski definition) is 2. The van der Waals surface area contributed by atoms with Gasteiger partial charge in [0.15, 0.2) is 0 Å². The third kappa shape index (κ3) is 4.17. The molecule has 1 aliphatic heterocycles. The molecule has 0 aromatic rings. The van der Waals surface area contributed by atoms with Crippen molar-refractivity contribution < 1.29 is 13.2 Å². The maximum absolute atomic E-state index is 11.6. The number of rotatable bonds is 4. The van der Waals surface area contributed by atoms with Crippen LogP contribution in [0, 0.1) is 5.92 Å². The summed E-state index contributed by atoms with van der Waals surface area (Å²) < 4.78 is 24.8. The Labute approximate surface area is 90.7 Å². The minimum atomic E-state index is -3.41. The van der Waals surface area contributed by atoms with Crippen LogP contribution < -0.4 is 10.0 Å². The molecule has 2 N–H and O–H groups in total. The number of nitrogens with one attached hydrogen (secondary N) is 2. The zero-order valence-electron chi connectivity index (χ0n) is 8.95. The quantitative estimate of drug-likeness (QED) is 0.709. The lowest BCUT2D eigenvalue weighted by molar-refractivity contribution is -0.123. The van der Waals surface area contributed by atoms with Crippen LogP contribution in [0.4, 0.5) is 0 Å². The molecule has 0 aromatic carbocycles. The van der Waals surface area contributed by atoms with Gasteiger partial charge in [-0.25, -0.2) is 8.42 Å². The predicted octanol–water partition coefficient (Wildman–Crippen LogP) is -0.158. The Morgan fingerprint density at radius 3 is 2.80 bits per heavy atom. The van der Waals surface area contributed by atoms with Crippen LogP contribution in [-0.2, 0) is 14.8 Å². The van der Waals surface area contributed by atoms with Crippen LogP contribution >= 0.6 is 0 Å². The standard InChI is InChI=1S/C9H18N2O3S/c1-2-6-15(13,14)11-9(12)8-4-3-5-10-7-8/h8,10H,2-7H2,1H3,(H,11,12)/t8-/m1/s1. The molecule has 0 aliphatic carbocycles. The summed E-state index contributed by atoms with van der Waals surface area (Å²) in [6, 6.07) is 0. The van der Waals surface area contributed by atoms with E-state index in [0.29, 0.717) is 13.0 Å². The minimum absolute atomic E-state index is 0.0128. The molecule has 0 aromatic heterocycles. The Bertz CT molecular complexity index is 307. The maximum Gasteiger partial charge on any atom is 0.237 e. The van der Waals surface area contributed by atoms with Gasteiger partial charge in [0.05, 0.1) is 11.7 Å². The second kappa shape index (κ2) is 5.46. The topological polar surface area (TPSA) is 75.3 Å². The summed E-state index contributed by atoms with van der Waals surface area (Å²) in [6.07, 6.45) is 2.21. The van der Waals surface area contributed by atoms with E-state index < -0.39 is 10.0 Å². The zero-order valence-corrected chi connectivity index (χ0v) is 9.77. The summed E-state index contributed by atoms with van der Waals surface area (Å²) in [5.41, 5.74) is 0. The molecule has 0 bridgehead atoms. The molecule has 1 atom stereocenters. The summed E-state index contributed by atoms with van der Waals surface area (Å²) in [4.78, 5) is 11.6. The van der Waals surface area contributed by atoms with Gasteiger partial charge in [-0.2, -0.15) is 0 Å². The first kappa shape index (κ1) is 12.4. The van der Waals surface area contributed by atoms with Crippen LogP contribution in [0.15, 0.2) is 0 Å². The third-order valence-corrected chi connectivity index (χ3v) is 3.85. The second-order valence-electron chi connectivity index (χ2n) is 3.83. The normalized spacial score (nSPS) is 22.3. The Hall–Kier alpha value is -0.620. The van der Waals surface area contributed by atoms with Gasteiger partial charge in [-0.3, -0.25) is 9.52 Å². The van der Waals surface area contributed by atoms with Crippen molar-refractivity contribution in [3.63, 3.8) is 0 Å². The summed E-state index contributed by atoms with van der Waals surface area (Å²) >= 11 is 0. The fourth-order valence-electron chi connectivity index (χ4n) is 1.63. The molecule has 1 rings (SSSR count). The van der Waals surface area contributed by atoms with Gasteiger partial charge in [-0.05, 0) is 25.8 Å². The molecule has 1 heterocycles. The maximum atomic E-state index is 11.6. The number of hydrogen-bond acceptors (Lipinski definition) is 4. The molecule has 0 saturated carbocycles. The summed E-state index contributed by atoms with van der Waals surface area (Å²) in [7, 11) is -3.41. The molecular formula is C9H18N2O3S. The van der Waals surface area contributed by atoms with Crippen LogP contribution in [0.1, 0.15) is 26.2 Å². The van der Waals surface area contributed by atoms with Crippen molar-refractivity contribution >= 4 is 15.9 Å². The lowest BCUT2D eigenvalue weighted by Gasteiger charge is -2.21. The molecule has 88 valence electrons. The van der Waals surface area contributed by atoms with Gasteiger partial charge in [0.2, 0.25) is 15.9 Å². The molecule has 15 heavy (non-hydrogen) atoms. The van der Waals surface area contributed by atoms with Gasteiger partial charge in [0.25, 0.3) is 0 Å². The largest absolute Gasteiger partial charge is 0.316 e. The van der Waals surface area contributed by atoms with Crippen molar-refractivity contribution in [3.05, 3.63) is 0 Å². The fraction of sp³-hybridized carbons (Fsp3) is 0.889. The lowest BCUT2D eigenvalue weighted by Crippen LogP contribution is -2.43. The molecule has 1 aliphatic rings. The highest BCUT2D eigenvalue weighted by atomic mass is 32.2. The SMILES string of the molecule is CCCS(=O)(=O)NC(=O)[C@@H]1CCCNC1. The number of carbonyl (C=O) groups is 1. The molecule has 0 radical (unpaired) electrons. The van der Waals surface area contributed by atoms with Crippen LogP contribution in [0.25, 0.3) is 0 Å². The first-order valence-electron chi connectivity index (χ1n) is 5.30. The summed E-state index contributed by atoms with van der Waals surface area (Å²) in [5.74, 6) is -0.556. The molecule has 0 spiro atoms. The van der Waals surface area contributed by atoms with Gasteiger partial charge in [0.1, 0.15) is 0 Å². The van der Waals surface area contributed by atoms with E-state index in [1.807, 2.05) is 0 Å². The lowest BCUT2D eigenvalue weighted by atomic mass is 9.99. The molecule has 5 nitrogen and oxygen atoms in total. The van der Waals surface area contributed by atoms with E-state index in [9.17, 15) is 13.2 Å². The molecule has 6 heteroatoms. The Balaban J connectivity index is 2.47. The van der Waals surface area contributed by atoms with Gasteiger partial charge in [0, 0.05) is 6.54 Å². The number of amides is 1. The first-order chi connectivity index (χ1) is 7.05. The van der Waals surface area contributed by atoms with Gasteiger partial charge >= 0.3 is 0 Å². The van der Waals surface area contributed by atoms with E-state index in [0.717, 1.165) is 19.4 Å². The molecule has 1 fully saturated rings. The monoisotopic (exact) mass is 234 g/mol. The number of piperidine rings is 1. The van der Waals surface area contributed by atoms with Crippen molar-refractivity contribution in [2.45, 2.75) is 26.2 Å². The van der Waals surface area contributed by atoms with E-state index in [4.69, 9.17) is 0 Å². The van der Waals surface area contributed by atoms with Crippen molar-refractivity contribution in [1.29, 1.82) is 0 Å². The fourth-order valence-corrected chi connectivity index (χ4v) is 2.74. The van der Waals surface area contributed by atoms with Crippen molar-refractivity contribution in [2.75, 3.05) is 18.8 Å². The van der Waals surface area contributed by atoms with E-state index >= 15 is 0 Å². The third-order valence-electron chi connectivity index (χ3n) is 2.40.